The van der Waals surface area contributed by atoms with Crippen molar-refractivity contribution in [3.8, 4) is 0 Å². The Bertz CT molecular complexity index is 1100. The molecule has 0 radical (unpaired) electrons. The fraction of sp³-hybridized carbons (Fsp3) is 0.226. The van der Waals surface area contributed by atoms with Crippen LogP contribution in [0.2, 0.25) is 0 Å². The van der Waals surface area contributed by atoms with Crippen LogP contribution in [0.5, 0.6) is 0 Å². The first-order chi connectivity index (χ1) is 15.0. The van der Waals surface area contributed by atoms with Crippen molar-refractivity contribution in [2.75, 3.05) is 0 Å². The lowest BCUT2D eigenvalue weighted by atomic mass is 9.89. The Kier molecular flexibility index (Phi) is 6.37. The summed E-state index contributed by atoms with van der Waals surface area (Å²) in [5, 5.41) is 0. The molecule has 0 nitrogen and oxygen atoms in total. The lowest BCUT2D eigenvalue weighted by molar-refractivity contribution is 1.05. The fourth-order valence-corrected chi connectivity index (χ4v) is 4.47. The van der Waals surface area contributed by atoms with Crippen molar-refractivity contribution in [3.05, 3.63) is 141 Å². The lowest BCUT2D eigenvalue weighted by Crippen LogP contribution is -2.02. The summed E-state index contributed by atoms with van der Waals surface area (Å²) in [5.74, 6) is 0. The van der Waals surface area contributed by atoms with E-state index in [0.717, 1.165) is 19.3 Å². The molecule has 0 aliphatic carbocycles. The molecule has 0 saturated carbocycles. The topological polar surface area (TPSA) is 0 Å². The summed E-state index contributed by atoms with van der Waals surface area (Å²) in [4.78, 5) is 0. The summed E-state index contributed by atoms with van der Waals surface area (Å²) in [7, 11) is 0. The summed E-state index contributed by atoms with van der Waals surface area (Å²) >= 11 is 0. The third-order valence-corrected chi connectivity index (χ3v) is 6.78. The summed E-state index contributed by atoms with van der Waals surface area (Å²) in [5.41, 5.74) is 14.1. The maximum atomic E-state index is 2.30. The molecule has 31 heavy (non-hydrogen) atoms. The summed E-state index contributed by atoms with van der Waals surface area (Å²) in [6.07, 6.45) is 2.98. The lowest BCUT2D eigenvalue weighted by Gasteiger charge is -2.16. The average molecular weight is 405 g/mol. The van der Waals surface area contributed by atoms with Gasteiger partial charge in [-0.05, 0) is 103 Å². The van der Waals surface area contributed by atoms with Gasteiger partial charge in [-0.1, -0.05) is 84.9 Å². The van der Waals surface area contributed by atoms with Crippen LogP contribution in [-0.4, -0.2) is 0 Å². The Hall–Kier alpha value is -3.12. The standard InChI is InChI=1S/C31H32/c1-22-11-5-7-13-26(22)19-28-15-9-17-30(24(28)3)21-31-18-10-16-29(25(31)4)20-27-14-8-6-12-23(27)2/h5-18H,19-21H2,1-4H3. The van der Waals surface area contributed by atoms with Gasteiger partial charge in [-0.25, -0.2) is 0 Å². The fourth-order valence-electron chi connectivity index (χ4n) is 4.47. The van der Waals surface area contributed by atoms with E-state index in [9.17, 15) is 0 Å². The monoisotopic (exact) mass is 404 g/mol. The molecular weight excluding hydrogens is 372 g/mol. The van der Waals surface area contributed by atoms with Crippen molar-refractivity contribution < 1.29 is 0 Å². The van der Waals surface area contributed by atoms with Gasteiger partial charge in [-0.3, -0.25) is 0 Å². The quantitative estimate of drug-likeness (QED) is 0.309. The third kappa shape index (κ3) is 4.80. The Morgan fingerprint density at radius 3 is 1.00 bits per heavy atom. The van der Waals surface area contributed by atoms with Gasteiger partial charge in [0.05, 0.1) is 0 Å². The van der Waals surface area contributed by atoms with Crippen molar-refractivity contribution >= 4 is 0 Å². The van der Waals surface area contributed by atoms with Gasteiger partial charge in [0.1, 0.15) is 0 Å². The Labute approximate surface area is 187 Å². The molecule has 0 heteroatoms. The second-order valence-electron chi connectivity index (χ2n) is 8.79. The highest BCUT2D eigenvalue weighted by Gasteiger charge is 2.11. The van der Waals surface area contributed by atoms with Gasteiger partial charge in [0.25, 0.3) is 0 Å². The molecule has 0 heterocycles. The van der Waals surface area contributed by atoms with E-state index in [4.69, 9.17) is 0 Å². The normalized spacial score (nSPS) is 11.0. The second-order valence-corrected chi connectivity index (χ2v) is 8.79. The first kappa shape index (κ1) is 21.1. The van der Waals surface area contributed by atoms with Crippen molar-refractivity contribution in [2.24, 2.45) is 0 Å². The van der Waals surface area contributed by atoms with Gasteiger partial charge in [0.15, 0.2) is 0 Å². The summed E-state index contributed by atoms with van der Waals surface area (Å²) in [6, 6.07) is 31.1. The molecule has 0 aliphatic rings. The third-order valence-electron chi connectivity index (χ3n) is 6.78. The van der Waals surface area contributed by atoms with E-state index in [1.165, 1.54) is 55.6 Å². The van der Waals surface area contributed by atoms with Crippen LogP contribution in [0.15, 0.2) is 84.9 Å². The zero-order valence-electron chi connectivity index (χ0n) is 19.2. The Morgan fingerprint density at radius 2 is 0.645 bits per heavy atom. The van der Waals surface area contributed by atoms with Crippen LogP contribution in [-0.2, 0) is 19.3 Å². The number of benzene rings is 4. The molecule has 4 aromatic carbocycles. The van der Waals surface area contributed by atoms with Crippen molar-refractivity contribution in [1.82, 2.24) is 0 Å². The molecule has 0 atom stereocenters. The van der Waals surface area contributed by atoms with Crippen molar-refractivity contribution in [2.45, 2.75) is 47.0 Å². The molecule has 0 aliphatic heterocycles. The molecule has 0 bridgehead atoms. The highest BCUT2D eigenvalue weighted by Crippen LogP contribution is 2.25. The minimum absolute atomic E-state index is 0.987. The van der Waals surface area contributed by atoms with Gasteiger partial charge in [-0.2, -0.15) is 0 Å². The molecule has 0 spiro atoms. The van der Waals surface area contributed by atoms with Crippen LogP contribution in [0.4, 0.5) is 0 Å². The summed E-state index contributed by atoms with van der Waals surface area (Å²) in [6.45, 7) is 8.99. The number of rotatable bonds is 6. The molecule has 0 saturated heterocycles. The molecule has 4 aromatic rings. The number of aryl methyl sites for hydroxylation is 2. The van der Waals surface area contributed by atoms with E-state index in [-0.39, 0.29) is 0 Å². The Morgan fingerprint density at radius 1 is 0.355 bits per heavy atom. The minimum Gasteiger partial charge on any atom is -0.0620 e. The van der Waals surface area contributed by atoms with Crippen LogP contribution < -0.4 is 0 Å². The van der Waals surface area contributed by atoms with Crippen LogP contribution >= 0.6 is 0 Å². The predicted octanol–water partition coefficient (Wildman–Crippen LogP) is 7.69. The highest BCUT2D eigenvalue weighted by atomic mass is 14.2. The minimum atomic E-state index is 0.987. The van der Waals surface area contributed by atoms with Crippen molar-refractivity contribution in [3.63, 3.8) is 0 Å². The maximum Gasteiger partial charge on any atom is -0.00203 e. The van der Waals surface area contributed by atoms with E-state index in [2.05, 4.69) is 113 Å². The SMILES string of the molecule is Cc1ccccc1Cc1cccc(Cc2cccc(Cc3ccccc3C)c2C)c1C. The molecule has 0 unspecified atom stereocenters. The molecule has 156 valence electrons. The van der Waals surface area contributed by atoms with E-state index in [1.54, 1.807) is 0 Å². The van der Waals surface area contributed by atoms with E-state index in [1.807, 2.05) is 0 Å². The van der Waals surface area contributed by atoms with E-state index in [0.29, 0.717) is 0 Å². The smallest absolute Gasteiger partial charge is 0.00203 e. The Balaban J connectivity index is 1.60. The van der Waals surface area contributed by atoms with Gasteiger partial charge in [-0.15, -0.1) is 0 Å². The number of hydrogen-bond donors (Lipinski definition) is 0. The van der Waals surface area contributed by atoms with Crippen molar-refractivity contribution in [1.29, 1.82) is 0 Å². The zero-order chi connectivity index (χ0) is 21.8. The van der Waals surface area contributed by atoms with Crippen LogP contribution in [0, 0.1) is 27.7 Å². The first-order valence-corrected chi connectivity index (χ1v) is 11.3. The molecule has 4 rings (SSSR count). The molecule has 0 amide bonds. The molecule has 0 aromatic heterocycles. The number of hydrogen-bond acceptors (Lipinski definition) is 0. The van der Waals surface area contributed by atoms with Gasteiger partial charge in [0.2, 0.25) is 0 Å². The van der Waals surface area contributed by atoms with Gasteiger partial charge in [0, 0.05) is 0 Å². The first-order valence-electron chi connectivity index (χ1n) is 11.3. The molecular formula is C31H32. The zero-order valence-corrected chi connectivity index (χ0v) is 19.2. The van der Waals surface area contributed by atoms with E-state index >= 15 is 0 Å². The van der Waals surface area contributed by atoms with E-state index < -0.39 is 0 Å². The van der Waals surface area contributed by atoms with Crippen LogP contribution in [0.3, 0.4) is 0 Å². The summed E-state index contributed by atoms with van der Waals surface area (Å²) < 4.78 is 0. The van der Waals surface area contributed by atoms with Crippen LogP contribution in [0.25, 0.3) is 0 Å². The van der Waals surface area contributed by atoms with Crippen LogP contribution in [0.1, 0.15) is 55.6 Å². The average Bonchev–Trinajstić information content (AvgIpc) is 2.76. The molecule has 0 fully saturated rings. The highest BCUT2D eigenvalue weighted by molar-refractivity contribution is 5.45. The second kappa shape index (κ2) is 9.35. The van der Waals surface area contributed by atoms with Gasteiger partial charge >= 0.3 is 0 Å². The largest absolute Gasteiger partial charge is 0.0620 e. The maximum absolute atomic E-state index is 2.30. The predicted molar refractivity (Wildman–Crippen MR) is 133 cm³/mol. The molecule has 0 N–H and O–H groups in total. The van der Waals surface area contributed by atoms with Gasteiger partial charge < -0.3 is 0 Å².